The number of rotatable bonds is 10. The van der Waals surface area contributed by atoms with Gasteiger partial charge in [0.05, 0.1) is 24.9 Å². The number of thiol groups is 1. The van der Waals surface area contributed by atoms with Crippen LogP contribution in [0.3, 0.4) is 0 Å². The van der Waals surface area contributed by atoms with Gasteiger partial charge in [0.1, 0.15) is 49.4 Å². The highest BCUT2D eigenvalue weighted by molar-refractivity contribution is 8.39. The highest BCUT2D eigenvalue weighted by atomic mass is 32.7. The van der Waals surface area contributed by atoms with E-state index < -0.39 is 81.1 Å². The quantitative estimate of drug-likeness (QED) is 0.0748. The minimum atomic E-state index is -4.60. The molecule has 18 nitrogen and oxygen atoms in total. The molecule has 7 N–H and O–H groups in total. The van der Waals surface area contributed by atoms with Crippen molar-refractivity contribution in [3.63, 3.8) is 0 Å². The number of halogens is 2. The Balaban J connectivity index is 1.29. The van der Waals surface area contributed by atoms with E-state index in [9.17, 15) is 23.7 Å². The van der Waals surface area contributed by atoms with Crippen LogP contribution in [0.25, 0.3) is 22.2 Å². The third-order valence-corrected chi connectivity index (χ3v) is 9.87. The van der Waals surface area contributed by atoms with Crippen LogP contribution in [0.4, 0.5) is 20.5 Å². The number of alkyl halides is 1. The smallest absolute Gasteiger partial charge is 0.389 e. The number of ether oxygens (including phenoxy) is 2. The highest BCUT2D eigenvalue weighted by Gasteiger charge is 2.58. The average Bonchev–Trinajstić information content (AvgIpc) is 3.75. The maximum Gasteiger partial charge on any atom is 0.582 e. The maximum absolute atomic E-state index is 16.3. The number of hydrogen-bond donors (Lipinski definition) is 6. The van der Waals surface area contributed by atoms with Gasteiger partial charge in [0.25, 0.3) is 5.56 Å². The van der Waals surface area contributed by atoms with E-state index in [1.807, 2.05) is 0 Å². The Labute approximate surface area is 273 Å². The minimum absolute atomic E-state index is 0.0651. The first-order valence-electron chi connectivity index (χ1n) is 13.3. The fourth-order valence-electron chi connectivity index (χ4n) is 5.39. The van der Waals surface area contributed by atoms with Gasteiger partial charge in [0, 0.05) is 12.6 Å². The number of anilines is 2. The number of fused-ring (bicyclic) bond motifs is 2. The molecule has 47 heavy (non-hydrogen) atoms. The molecule has 0 bridgehead atoms. The number of nitrogens with two attached hydrogens (primary N) is 2. The molecule has 8 atom stereocenters. The van der Waals surface area contributed by atoms with Crippen LogP contribution in [0.15, 0.2) is 23.6 Å². The number of H-pyrrole nitrogens is 1. The number of aromatic amines is 1. The fourth-order valence-corrected chi connectivity index (χ4v) is 7.45. The monoisotopic (exact) mass is 734 g/mol. The molecule has 2 fully saturated rings. The molecule has 0 amide bonds. The Morgan fingerprint density at radius 3 is 2.85 bits per heavy atom. The van der Waals surface area contributed by atoms with E-state index in [4.69, 9.17) is 52.7 Å². The Kier molecular flexibility index (Phi) is 8.86. The third kappa shape index (κ3) is 5.91. The predicted molar refractivity (Wildman–Crippen MR) is 165 cm³/mol. The molecular formula is C23H24F2N9O9P2S2+. The number of aromatic nitrogens is 7. The molecule has 2 aliphatic rings. The molecule has 0 spiro atoms. The zero-order valence-electron chi connectivity index (χ0n) is 23.5. The number of hydrogen-bond acceptors (Lipinski definition) is 15. The van der Waals surface area contributed by atoms with Crippen molar-refractivity contribution in [3.8, 4) is 12.3 Å². The van der Waals surface area contributed by atoms with Gasteiger partial charge in [-0.05, 0) is 16.4 Å². The van der Waals surface area contributed by atoms with Crippen molar-refractivity contribution in [1.29, 1.82) is 0 Å². The molecule has 250 valence electrons. The van der Waals surface area contributed by atoms with Crippen LogP contribution >= 0.6 is 26.2 Å². The van der Waals surface area contributed by atoms with Crippen molar-refractivity contribution < 1.29 is 46.4 Å². The Morgan fingerprint density at radius 2 is 2.13 bits per heavy atom. The molecule has 2 saturated heterocycles. The van der Waals surface area contributed by atoms with Crippen LogP contribution in [0.1, 0.15) is 12.6 Å². The summed E-state index contributed by atoms with van der Waals surface area (Å²) in [7, 11) is -2.45. The van der Waals surface area contributed by atoms with Gasteiger partial charge in [-0.2, -0.15) is 4.98 Å². The lowest BCUT2D eigenvalue weighted by atomic mass is 9.99. The largest absolute Gasteiger partial charge is 0.582 e. The zero-order chi connectivity index (χ0) is 33.9. The van der Waals surface area contributed by atoms with E-state index in [1.165, 1.54) is 4.57 Å². The molecule has 2 unspecified atom stereocenters. The average molecular weight is 735 g/mol. The maximum atomic E-state index is 16.3. The van der Waals surface area contributed by atoms with E-state index in [2.05, 4.69) is 43.1 Å². The second-order valence-corrected chi connectivity index (χ2v) is 14.9. The molecule has 24 heteroatoms. The van der Waals surface area contributed by atoms with E-state index in [0.717, 1.165) is 23.4 Å². The summed E-state index contributed by atoms with van der Waals surface area (Å²) in [5, 5.41) is 10.9. The van der Waals surface area contributed by atoms with Crippen LogP contribution < -0.4 is 17.0 Å². The van der Waals surface area contributed by atoms with Crippen LogP contribution in [-0.2, 0) is 45.1 Å². The van der Waals surface area contributed by atoms with Gasteiger partial charge in [-0.1, -0.05) is 5.92 Å². The summed E-state index contributed by atoms with van der Waals surface area (Å²) in [4.78, 5) is 41.8. The lowest BCUT2D eigenvalue weighted by molar-refractivity contribution is -0.0989. The summed E-state index contributed by atoms with van der Waals surface area (Å²) >= 11 is 8.88. The van der Waals surface area contributed by atoms with Crippen LogP contribution in [0.5, 0.6) is 0 Å². The topological polar surface area (TPSA) is 250 Å². The SMILES string of the molecule is C#C[C@]1(COP(O)(=S)O[C@]2(n3cnc4c(=O)[nH]c(N)nc43)CO[C@H](CO[P+](=O)S)[C@H]2F)O[C@@H](n2cc(F)c3c(N)ncnc32)C[C@@H]1O. The zero-order valence-corrected chi connectivity index (χ0v) is 27.0. The number of terminal acetylenes is 1. The molecule has 6 heterocycles. The Morgan fingerprint density at radius 1 is 1.36 bits per heavy atom. The molecule has 0 radical (unpaired) electrons. The Hall–Kier alpha value is -3.19. The molecular weight excluding hydrogens is 710 g/mol. The lowest BCUT2D eigenvalue weighted by Gasteiger charge is -2.35. The first kappa shape index (κ1) is 33.7. The summed E-state index contributed by atoms with van der Waals surface area (Å²) < 4.78 is 72.4. The van der Waals surface area contributed by atoms with Gasteiger partial charge in [-0.3, -0.25) is 18.9 Å². The summed E-state index contributed by atoms with van der Waals surface area (Å²) in [6.07, 6.45) is 2.51. The van der Waals surface area contributed by atoms with Crippen molar-refractivity contribution in [2.75, 3.05) is 31.3 Å². The minimum Gasteiger partial charge on any atom is -0.389 e. The normalized spacial score (nSPS) is 29.3. The van der Waals surface area contributed by atoms with Crippen molar-refractivity contribution in [1.82, 2.24) is 34.1 Å². The summed E-state index contributed by atoms with van der Waals surface area (Å²) in [6.45, 7) is -6.63. The first-order valence-corrected chi connectivity index (χ1v) is 18.2. The lowest BCUT2D eigenvalue weighted by Crippen LogP contribution is -2.47. The summed E-state index contributed by atoms with van der Waals surface area (Å²) in [5.74, 6) is 1.08. The fraction of sp³-hybridized carbons (Fsp3) is 0.435. The molecule has 0 aromatic carbocycles. The molecule has 4 aromatic rings. The molecule has 0 saturated carbocycles. The Bertz CT molecular complexity index is 2050. The van der Waals surface area contributed by atoms with Crippen LogP contribution in [0.2, 0.25) is 0 Å². The first-order chi connectivity index (χ1) is 22.2. The van der Waals surface area contributed by atoms with Gasteiger partial charge < -0.3 is 40.0 Å². The second kappa shape index (κ2) is 12.4. The number of imidazole rings is 1. The number of nitrogens with one attached hydrogen (secondary N) is 1. The van der Waals surface area contributed by atoms with Crippen molar-refractivity contribution in [3.05, 3.63) is 35.0 Å². The predicted octanol–water partition coefficient (Wildman–Crippen LogP) is 0.763. The van der Waals surface area contributed by atoms with Crippen LogP contribution in [-0.4, -0.2) is 87.9 Å². The molecule has 6 rings (SSSR count). The number of nitrogens with zero attached hydrogens (tertiary/aromatic N) is 6. The standard InChI is InChI=1S/C23H23F2N9O9P2S2/c1-2-22(12(35)3-13(42-22)33-4-10(24)14-17(26)28-8-29-18(14)33)6-41-45(38,47)43-23(7-39-11(16(23)25)5-40-44(37)46)34-9-30-15-19(34)31-21(27)32-20(15)36/h1,4,8-9,11-13,16,35H,3,5-7H2,(H6-,26,27,28,29,31,32,36,37,38,46,47)/p+1/t11-,12+,13-,16-,22-,23-,45?/m1/s1. The van der Waals surface area contributed by atoms with Gasteiger partial charge in [0.15, 0.2) is 34.4 Å². The van der Waals surface area contributed by atoms with E-state index in [1.54, 1.807) is 0 Å². The van der Waals surface area contributed by atoms with Crippen molar-refractivity contribution in [2.45, 2.75) is 42.4 Å². The van der Waals surface area contributed by atoms with E-state index in [-0.39, 0.29) is 40.4 Å². The van der Waals surface area contributed by atoms with Gasteiger partial charge in [-0.15, -0.1) is 10.9 Å². The number of nitrogen functional groups attached to an aromatic ring is 2. The molecule has 0 aliphatic carbocycles. The van der Waals surface area contributed by atoms with E-state index >= 15 is 4.39 Å². The van der Waals surface area contributed by atoms with Gasteiger partial charge in [0.2, 0.25) is 11.7 Å². The van der Waals surface area contributed by atoms with Gasteiger partial charge >= 0.3 is 13.9 Å². The van der Waals surface area contributed by atoms with Crippen molar-refractivity contribution >= 4 is 72.0 Å². The van der Waals surface area contributed by atoms with Gasteiger partial charge in [-0.25, -0.2) is 23.7 Å². The number of aliphatic hydroxyl groups is 1. The molecule has 2 aliphatic heterocycles. The van der Waals surface area contributed by atoms with E-state index in [0.29, 0.717) is 0 Å². The highest BCUT2D eigenvalue weighted by Crippen LogP contribution is 2.55. The second-order valence-electron chi connectivity index (χ2n) is 10.4. The summed E-state index contributed by atoms with van der Waals surface area (Å²) in [6, 6.07) is 0. The number of aliphatic hydroxyl groups excluding tert-OH is 1. The molecule has 4 aromatic heterocycles. The summed E-state index contributed by atoms with van der Waals surface area (Å²) in [5.41, 5.74) is 5.90. The van der Waals surface area contributed by atoms with Crippen LogP contribution in [0, 0.1) is 18.2 Å². The van der Waals surface area contributed by atoms with Crippen molar-refractivity contribution in [2.24, 2.45) is 0 Å². The third-order valence-electron chi connectivity index (χ3n) is 7.62.